The van der Waals surface area contributed by atoms with Gasteiger partial charge in [0.1, 0.15) is 11.7 Å². The first-order valence-electron chi connectivity index (χ1n) is 6.68. The van der Waals surface area contributed by atoms with Gasteiger partial charge in [-0.1, -0.05) is 0 Å². The molecule has 1 unspecified atom stereocenters. The standard InChI is InChI=1S/C16H13F3N2/c1-10-9-21(12-4-2-11(17)3-5-12)14-6-7-16(18,19)13(8-20)15(10)14/h2-5,9,13H,6-7H2,1H3. The molecule has 108 valence electrons. The molecular weight excluding hydrogens is 277 g/mol. The molecule has 0 spiro atoms. The van der Waals surface area contributed by atoms with Gasteiger partial charge in [0, 0.05) is 24.0 Å². The lowest BCUT2D eigenvalue weighted by Crippen LogP contribution is -2.31. The molecule has 0 saturated heterocycles. The molecule has 1 aliphatic carbocycles. The topological polar surface area (TPSA) is 28.7 Å². The molecule has 21 heavy (non-hydrogen) atoms. The third-order valence-electron chi connectivity index (χ3n) is 3.99. The molecule has 1 heterocycles. The van der Waals surface area contributed by atoms with Crippen molar-refractivity contribution in [3.63, 3.8) is 0 Å². The van der Waals surface area contributed by atoms with Crippen LogP contribution >= 0.6 is 0 Å². The summed E-state index contributed by atoms with van der Waals surface area (Å²) in [6.07, 6.45) is 1.60. The normalized spacial score (nSPS) is 19.9. The van der Waals surface area contributed by atoms with Crippen molar-refractivity contribution in [1.29, 1.82) is 5.26 Å². The van der Waals surface area contributed by atoms with Crippen LogP contribution in [0.15, 0.2) is 30.5 Å². The third kappa shape index (κ3) is 2.11. The summed E-state index contributed by atoms with van der Waals surface area (Å²) in [5, 5.41) is 9.13. The van der Waals surface area contributed by atoms with Crippen LogP contribution in [0.2, 0.25) is 0 Å². The van der Waals surface area contributed by atoms with Crippen LogP contribution in [-0.4, -0.2) is 10.5 Å². The first-order chi connectivity index (χ1) is 9.94. The highest BCUT2D eigenvalue weighted by Crippen LogP contribution is 2.45. The fourth-order valence-electron chi connectivity index (χ4n) is 2.98. The predicted octanol–water partition coefficient (Wildman–Crippen LogP) is 4.11. The SMILES string of the molecule is Cc1cn(-c2ccc(F)cc2)c2c1C(C#N)C(F)(F)CC2. The molecular formula is C16H13F3N2. The molecule has 1 atom stereocenters. The molecule has 2 aromatic rings. The summed E-state index contributed by atoms with van der Waals surface area (Å²) >= 11 is 0. The molecule has 5 heteroatoms. The number of aryl methyl sites for hydroxylation is 1. The monoisotopic (exact) mass is 290 g/mol. The summed E-state index contributed by atoms with van der Waals surface area (Å²) < 4.78 is 42.6. The number of hydrogen-bond donors (Lipinski definition) is 0. The molecule has 0 N–H and O–H groups in total. The van der Waals surface area contributed by atoms with Gasteiger partial charge in [0.2, 0.25) is 0 Å². The lowest BCUT2D eigenvalue weighted by Gasteiger charge is -2.28. The van der Waals surface area contributed by atoms with Crippen LogP contribution in [0, 0.1) is 24.1 Å². The van der Waals surface area contributed by atoms with Crippen LogP contribution in [0.3, 0.4) is 0 Å². The highest BCUT2D eigenvalue weighted by atomic mass is 19.3. The average molecular weight is 290 g/mol. The lowest BCUT2D eigenvalue weighted by molar-refractivity contribution is -0.0258. The van der Waals surface area contributed by atoms with E-state index in [2.05, 4.69) is 0 Å². The molecule has 0 radical (unpaired) electrons. The molecule has 0 saturated carbocycles. The van der Waals surface area contributed by atoms with E-state index in [4.69, 9.17) is 5.26 Å². The van der Waals surface area contributed by atoms with Crippen LogP contribution in [-0.2, 0) is 6.42 Å². The Morgan fingerprint density at radius 1 is 1.29 bits per heavy atom. The van der Waals surface area contributed by atoms with E-state index in [9.17, 15) is 13.2 Å². The van der Waals surface area contributed by atoms with Crippen molar-refractivity contribution in [2.45, 2.75) is 31.6 Å². The maximum absolute atomic E-state index is 13.9. The van der Waals surface area contributed by atoms with Gasteiger partial charge in [0.05, 0.1) is 6.07 Å². The van der Waals surface area contributed by atoms with Crippen molar-refractivity contribution in [3.8, 4) is 11.8 Å². The van der Waals surface area contributed by atoms with Gasteiger partial charge < -0.3 is 4.57 Å². The molecule has 3 rings (SSSR count). The zero-order valence-electron chi connectivity index (χ0n) is 11.4. The maximum atomic E-state index is 13.9. The van der Waals surface area contributed by atoms with Crippen molar-refractivity contribution >= 4 is 0 Å². The summed E-state index contributed by atoms with van der Waals surface area (Å²) in [7, 11) is 0. The summed E-state index contributed by atoms with van der Waals surface area (Å²) in [6, 6.07) is 7.60. The average Bonchev–Trinajstić information content (AvgIpc) is 2.76. The minimum Gasteiger partial charge on any atom is -0.320 e. The van der Waals surface area contributed by atoms with E-state index in [-0.39, 0.29) is 18.7 Å². The number of alkyl halides is 2. The number of benzene rings is 1. The first kappa shape index (κ1) is 13.7. The summed E-state index contributed by atoms with van der Waals surface area (Å²) in [4.78, 5) is 0. The quantitative estimate of drug-likeness (QED) is 0.777. The molecule has 1 aliphatic rings. The number of halogens is 3. The molecule has 0 amide bonds. The number of fused-ring (bicyclic) bond motifs is 1. The number of hydrogen-bond acceptors (Lipinski definition) is 1. The van der Waals surface area contributed by atoms with Crippen molar-refractivity contribution in [2.75, 3.05) is 0 Å². The van der Waals surface area contributed by atoms with E-state index in [1.807, 2.05) is 0 Å². The summed E-state index contributed by atoms with van der Waals surface area (Å²) in [6.45, 7) is 1.73. The van der Waals surface area contributed by atoms with E-state index in [0.717, 1.165) is 5.69 Å². The van der Waals surface area contributed by atoms with Gasteiger partial charge in [0.15, 0.2) is 0 Å². The second kappa shape index (κ2) is 4.66. The second-order valence-corrected chi connectivity index (χ2v) is 5.34. The predicted molar refractivity (Wildman–Crippen MR) is 72.1 cm³/mol. The molecule has 0 aliphatic heterocycles. The van der Waals surface area contributed by atoms with Crippen LogP contribution < -0.4 is 0 Å². The fourth-order valence-corrected chi connectivity index (χ4v) is 2.98. The smallest absolute Gasteiger partial charge is 0.268 e. The maximum Gasteiger partial charge on any atom is 0.268 e. The van der Waals surface area contributed by atoms with Gasteiger partial charge in [-0.2, -0.15) is 5.26 Å². The van der Waals surface area contributed by atoms with E-state index < -0.39 is 11.8 Å². The van der Waals surface area contributed by atoms with Gasteiger partial charge in [-0.25, -0.2) is 13.2 Å². The summed E-state index contributed by atoms with van der Waals surface area (Å²) in [5.74, 6) is -4.76. The summed E-state index contributed by atoms with van der Waals surface area (Å²) in [5.41, 5.74) is 2.51. The van der Waals surface area contributed by atoms with Crippen LogP contribution in [0.4, 0.5) is 13.2 Å². The fraction of sp³-hybridized carbons (Fsp3) is 0.312. The Labute approximate surface area is 120 Å². The van der Waals surface area contributed by atoms with E-state index in [1.54, 1.807) is 35.9 Å². The molecule has 1 aromatic carbocycles. The van der Waals surface area contributed by atoms with Crippen LogP contribution in [0.25, 0.3) is 5.69 Å². The molecule has 1 aromatic heterocycles. The van der Waals surface area contributed by atoms with E-state index in [1.165, 1.54) is 12.1 Å². The van der Waals surface area contributed by atoms with Gasteiger partial charge in [-0.15, -0.1) is 0 Å². The second-order valence-electron chi connectivity index (χ2n) is 5.34. The Hall–Kier alpha value is -2.22. The zero-order chi connectivity index (χ0) is 15.2. The Balaban J connectivity index is 2.16. The third-order valence-corrected chi connectivity index (χ3v) is 3.99. The van der Waals surface area contributed by atoms with Gasteiger partial charge in [-0.05, 0) is 48.7 Å². The van der Waals surface area contributed by atoms with Gasteiger partial charge in [-0.3, -0.25) is 0 Å². The Kier molecular flexibility index (Phi) is 3.05. The molecule has 0 fully saturated rings. The highest BCUT2D eigenvalue weighted by Gasteiger charge is 2.46. The minimum absolute atomic E-state index is 0.200. The van der Waals surface area contributed by atoms with Crippen LogP contribution in [0.1, 0.15) is 29.2 Å². The lowest BCUT2D eigenvalue weighted by atomic mass is 9.82. The number of nitrogens with zero attached hydrogens (tertiary/aromatic N) is 2. The molecule has 0 bridgehead atoms. The van der Waals surface area contributed by atoms with Gasteiger partial charge >= 0.3 is 0 Å². The van der Waals surface area contributed by atoms with Crippen molar-refractivity contribution < 1.29 is 13.2 Å². The van der Waals surface area contributed by atoms with Crippen molar-refractivity contribution in [1.82, 2.24) is 4.57 Å². The Morgan fingerprint density at radius 3 is 2.57 bits per heavy atom. The number of aromatic nitrogens is 1. The van der Waals surface area contributed by atoms with E-state index in [0.29, 0.717) is 16.8 Å². The van der Waals surface area contributed by atoms with Crippen molar-refractivity contribution in [3.05, 3.63) is 53.1 Å². The zero-order valence-corrected chi connectivity index (χ0v) is 11.4. The number of rotatable bonds is 1. The van der Waals surface area contributed by atoms with Crippen molar-refractivity contribution in [2.24, 2.45) is 0 Å². The highest BCUT2D eigenvalue weighted by molar-refractivity contribution is 5.47. The van der Waals surface area contributed by atoms with Crippen LogP contribution in [0.5, 0.6) is 0 Å². The minimum atomic E-state index is -3.00. The van der Waals surface area contributed by atoms with Gasteiger partial charge in [0.25, 0.3) is 5.92 Å². The molecule has 2 nitrogen and oxygen atoms in total. The largest absolute Gasteiger partial charge is 0.320 e. The first-order valence-corrected chi connectivity index (χ1v) is 6.68. The Bertz CT molecular complexity index is 723. The Morgan fingerprint density at radius 2 is 1.95 bits per heavy atom. The van der Waals surface area contributed by atoms with E-state index >= 15 is 0 Å². The number of nitriles is 1.